The van der Waals surface area contributed by atoms with E-state index in [4.69, 9.17) is 13.3 Å². The predicted molar refractivity (Wildman–Crippen MR) is 380 cm³/mol. The zero-order chi connectivity index (χ0) is 60.2. The molecule has 3 aromatic heterocycles. The average molecular weight is 1170 g/mol. The summed E-state index contributed by atoms with van der Waals surface area (Å²) in [5, 5.41) is 11.1. The van der Waals surface area contributed by atoms with Crippen molar-refractivity contribution in [3.63, 3.8) is 0 Å². The zero-order valence-corrected chi connectivity index (χ0v) is 49.6. The molecule has 2 aliphatic rings. The summed E-state index contributed by atoms with van der Waals surface area (Å²) in [5.74, 6) is 0. The summed E-state index contributed by atoms with van der Waals surface area (Å²) in [6.45, 7) is 0. The summed E-state index contributed by atoms with van der Waals surface area (Å²) in [7, 11) is 0. The Labute approximate surface area is 529 Å². The molecule has 0 amide bonds. The number of furan rings is 3. The van der Waals surface area contributed by atoms with Gasteiger partial charge in [0, 0.05) is 55.4 Å². The van der Waals surface area contributed by atoms with Crippen molar-refractivity contribution in [2.75, 3.05) is 9.80 Å². The van der Waals surface area contributed by atoms with Gasteiger partial charge in [-0.2, -0.15) is 0 Å². The van der Waals surface area contributed by atoms with Gasteiger partial charge in [-0.15, -0.1) is 0 Å². The summed E-state index contributed by atoms with van der Waals surface area (Å²) in [6.07, 6.45) is 0. The number of fused-ring (bicyclic) bond motifs is 24. The van der Waals surface area contributed by atoms with Crippen LogP contribution in [0.25, 0.3) is 132 Å². The molecule has 18 aromatic rings. The number of rotatable bonds is 8. The third-order valence-electron chi connectivity index (χ3n) is 19.8. The van der Waals surface area contributed by atoms with Crippen LogP contribution >= 0.6 is 0 Å². The van der Waals surface area contributed by atoms with Gasteiger partial charge in [-0.3, -0.25) is 0 Å². The molecule has 0 bridgehead atoms. The van der Waals surface area contributed by atoms with Gasteiger partial charge in [0.25, 0.3) is 0 Å². The highest BCUT2D eigenvalue weighted by Crippen LogP contribution is 2.69. The fourth-order valence-electron chi connectivity index (χ4n) is 16.0. The maximum Gasteiger partial charge on any atom is 0.145 e. The summed E-state index contributed by atoms with van der Waals surface area (Å²) >= 11 is 0. The number of hydrogen-bond donors (Lipinski definition) is 0. The molecule has 5 heteroatoms. The minimum atomic E-state index is -0.964. The van der Waals surface area contributed by atoms with Crippen LogP contribution in [0.2, 0.25) is 0 Å². The van der Waals surface area contributed by atoms with E-state index in [9.17, 15) is 0 Å². The average Bonchev–Trinajstić information content (AvgIpc) is 1.48. The largest absolute Gasteiger partial charge is 0.456 e. The normalized spacial score (nSPS) is 12.9. The van der Waals surface area contributed by atoms with Gasteiger partial charge in [0.05, 0.1) is 27.6 Å². The first kappa shape index (κ1) is 50.8. The lowest BCUT2D eigenvalue weighted by Gasteiger charge is -2.33. The molecular formula is C87H52N2O3. The van der Waals surface area contributed by atoms with E-state index in [0.29, 0.717) is 0 Å². The van der Waals surface area contributed by atoms with Gasteiger partial charge in [-0.1, -0.05) is 231 Å². The summed E-state index contributed by atoms with van der Waals surface area (Å²) in [4.78, 5) is 4.90. The summed E-state index contributed by atoms with van der Waals surface area (Å²) in [5.41, 5.74) is 23.6. The van der Waals surface area contributed by atoms with Gasteiger partial charge in [-0.25, -0.2) is 0 Å². The molecule has 2 aliphatic carbocycles. The molecule has 0 saturated carbocycles. The fraction of sp³-hybridized carbons (Fsp3) is 0.0115. The molecule has 0 fully saturated rings. The highest BCUT2D eigenvalue weighted by molar-refractivity contribution is 6.26. The first-order valence-corrected chi connectivity index (χ1v) is 31.5. The second-order valence-corrected chi connectivity index (χ2v) is 24.5. The Morgan fingerprint density at radius 2 is 0.630 bits per heavy atom. The van der Waals surface area contributed by atoms with Gasteiger partial charge in [-0.05, 0) is 162 Å². The smallest absolute Gasteiger partial charge is 0.145 e. The van der Waals surface area contributed by atoms with E-state index >= 15 is 0 Å². The lowest BCUT2D eigenvalue weighted by Crippen LogP contribution is -2.26. The van der Waals surface area contributed by atoms with Crippen LogP contribution in [0, 0.1) is 0 Å². The van der Waals surface area contributed by atoms with Crippen LogP contribution in [-0.2, 0) is 5.41 Å². The Kier molecular flexibility index (Phi) is 10.7. The van der Waals surface area contributed by atoms with E-state index in [-0.39, 0.29) is 0 Å². The number of nitrogens with zero attached hydrogens (tertiary/aromatic N) is 2. The van der Waals surface area contributed by atoms with E-state index in [1.54, 1.807) is 0 Å². The summed E-state index contributed by atoms with van der Waals surface area (Å²) < 4.78 is 22.1. The molecule has 0 unspecified atom stereocenters. The molecule has 0 atom stereocenters. The molecule has 0 saturated heterocycles. The van der Waals surface area contributed by atoms with Gasteiger partial charge in [0.2, 0.25) is 0 Å². The standard InChI is InChI=1S/C87H52N2O3/c1-3-25-57(26-4-1)88(59-45-41-55(42-46-59)63-35-19-23-53-21-7-9-29-61(53)63)73-51-71-83(85-80(73)66-32-12-17-39-76(66)91-85)84-72(87(71)69-37-15-11-31-65(69)79-70(87)49-50-78-82(79)68-34-14-16-38-75(68)90-78)52-74(81-67-33-13-18-40-77(67)92-86(81)84)89(58-27-5-2-6-28-58)60-47-43-56(44-48-60)64-36-20-24-54-22-8-10-30-62(54)64/h1-52H. The van der Waals surface area contributed by atoms with Crippen LogP contribution in [0.5, 0.6) is 0 Å². The maximum absolute atomic E-state index is 7.65. The van der Waals surface area contributed by atoms with E-state index < -0.39 is 5.41 Å². The highest BCUT2D eigenvalue weighted by atomic mass is 16.3. The Hall–Kier alpha value is -12.2. The Balaban J connectivity index is 0.926. The minimum absolute atomic E-state index is 0.796. The third kappa shape index (κ3) is 7.07. The van der Waals surface area contributed by atoms with Crippen LogP contribution in [0.15, 0.2) is 329 Å². The topological polar surface area (TPSA) is 45.9 Å². The highest BCUT2D eigenvalue weighted by Gasteiger charge is 2.55. The van der Waals surface area contributed by atoms with E-state index in [2.05, 4.69) is 325 Å². The van der Waals surface area contributed by atoms with Crippen LogP contribution in [0.4, 0.5) is 34.1 Å². The molecule has 5 nitrogen and oxygen atoms in total. The van der Waals surface area contributed by atoms with Gasteiger partial charge in [0.1, 0.15) is 33.5 Å². The van der Waals surface area contributed by atoms with Crippen molar-refractivity contribution in [3.05, 3.63) is 338 Å². The molecule has 0 N–H and O–H groups in total. The quantitative estimate of drug-likeness (QED) is 0.152. The van der Waals surface area contributed by atoms with Crippen molar-refractivity contribution in [2.45, 2.75) is 5.41 Å². The Bertz CT molecular complexity index is 5770. The monoisotopic (exact) mass is 1170 g/mol. The molecule has 20 rings (SSSR count). The lowest BCUT2D eigenvalue weighted by atomic mass is 9.70. The molecule has 1 spiro atoms. The van der Waals surface area contributed by atoms with Crippen LogP contribution in [-0.4, -0.2) is 0 Å². The molecule has 92 heavy (non-hydrogen) atoms. The molecule has 15 aromatic carbocycles. The van der Waals surface area contributed by atoms with Crippen molar-refractivity contribution in [3.8, 4) is 44.5 Å². The molecule has 3 heterocycles. The fourth-order valence-corrected chi connectivity index (χ4v) is 16.0. The number of para-hydroxylation sites is 5. The third-order valence-corrected chi connectivity index (χ3v) is 19.8. The Morgan fingerprint density at radius 1 is 0.239 bits per heavy atom. The summed E-state index contributed by atoms with van der Waals surface area (Å²) in [6, 6.07) is 115. The van der Waals surface area contributed by atoms with Crippen molar-refractivity contribution < 1.29 is 13.3 Å². The molecule has 428 valence electrons. The zero-order valence-electron chi connectivity index (χ0n) is 49.6. The van der Waals surface area contributed by atoms with Crippen LogP contribution in [0.3, 0.4) is 0 Å². The minimum Gasteiger partial charge on any atom is -0.456 e. The van der Waals surface area contributed by atoms with Gasteiger partial charge in [0.15, 0.2) is 0 Å². The predicted octanol–water partition coefficient (Wildman–Crippen LogP) is 24.3. The van der Waals surface area contributed by atoms with Crippen molar-refractivity contribution >= 4 is 121 Å². The maximum atomic E-state index is 7.65. The first-order valence-electron chi connectivity index (χ1n) is 31.5. The van der Waals surface area contributed by atoms with Crippen molar-refractivity contribution in [1.82, 2.24) is 0 Å². The van der Waals surface area contributed by atoms with Crippen molar-refractivity contribution in [1.29, 1.82) is 0 Å². The van der Waals surface area contributed by atoms with Gasteiger partial charge >= 0.3 is 0 Å². The van der Waals surface area contributed by atoms with E-state index in [1.807, 2.05) is 0 Å². The number of benzene rings is 15. The second kappa shape index (κ2) is 19.4. The molecular weight excluding hydrogens is 1120 g/mol. The first-order chi connectivity index (χ1) is 45.7. The number of hydrogen-bond acceptors (Lipinski definition) is 5. The second-order valence-electron chi connectivity index (χ2n) is 24.5. The lowest BCUT2D eigenvalue weighted by molar-refractivity contribution is 0.665. The van der Waals surface area contributed by atoms with Crippen LogP contribution < -0.4 is 9.80 Å². The van der Waals surface area contributed by atoms with E-state index in [0.717, 1.165) is 150 Å². The number of anilines is 6. The molecule has 0 radical (unpaired) electrons. The van der Waals surface area contributed by atoms with E-state index in [1.165, 1.54) is 38.2 Å². The SMILES string of the molecule is c1ccc(N(c2ccc(-c3cccc4ccccc34)cc2)c2cc3c(c4oc5ccccc5c24)-c2c(cc(N(c4ccccc4)c4ccc(-c5cccc6ccccc56)cc4)c4c2oc2ccccc24)C32c3ccccc3-c3c2ccc2oc4ccccc4c32)cc1. The van der Waals surface area contributed by atoms with Gasteiger partial charge < -0.3 is 23.1 Å². The Morgan fingerprint density at radius 3 is 1.14 bits per heavy atom. The van der Waals surface area contributed by atoms with Crippen LogP contribution in [0.1, 0.15) is 22.3 Å². The molecule has 0 aliphatic heterocycles. The van der Waals surface area contributed by atoms with Crippen molar-refractivity contribution in [2.24, 2.45) is 0 Å².